The zero-order valence-electron chi connectivity index (χ0n) is 14.5. The lowest BCUT2D eigenvalue weighted by atomic mass is 9.89. The quantitative estimate of drug-likeness (QED) is 0.481. The van der Waals surface area contributed by atoms with Crippen LogP contribution in [0.1, 0.15) is 39.3 Å². The Morgan fingerprint density at radius 3 is 2.46 bits per heavy atom. The zero-order valence-corrected chi connectivity index (χ0v) is 14.5. The average Bonchev–Trinajstić information content (AvgIpc) is 2.98. The van der Waals surface area contributed by atoms with Crippen molar-refractivity contribution < 1.29 is 34.0 Å². The second-order valence-corrected chi connectivity index (χ2v) is 5.95. The highest BCUT2D eigenvalue weighted by molar-refractivity contribution is 6.02. The number of phenols is 2. The predicted molar refractivity (Wildman–Crippen MR) is 91.0 cm³/mol. The SMILES string of the molecule is COc1ccc2c(c1OC)C(=O)OC2C(C)C(=O)c1ccc(O)c(O)c1. The Kier molecular flexibility index (Phi) is 4.46. The van der Waals surface area contributed by atoms with E-state index >= 15 is 0 Å². The summed E-state index contributed by atoms with van der Waals surface area (Å²) in [4.78, 5) is 25.1. The number of carbonyl (C=O) groups excluding carboxylic acids is 2. The predicted octanol–water partition coefficient (Wildman–Crippen LogP) is 2.85. The summed E-state index contributed by atoms with van der Waals surface area (Å²) in [7, 11) is 2.89. The third kappa shape index (κ3) is 2.71. The van der Waals surface area contributed by atoms with Crippen LogP contribution in [0.3, 0.4) is 0 Å². The highest BCUT2D eigenvalue weighted by atomic mass is 16.6. The Bertz CT molecular complexity index is 888. The summed E-state index contributed by atoms with van der Waals surface area (Å²) in [5.74, 6) is -1.68. The number of ether oxygens (including phenoxy) is 3. The first-order chi connectivity index (χ1) is 12.4. The molecule has 1 aliphatic rings. The molecule has 7 heteroatoms. The molecule has 0 bridgehead atoms. The van der Waals surface area contributed by atoms with Crippen LogP contribution < -0.4 is 9.47 Å². The molecule has 0 aromatic heterocycles. The normalized spacial score (nSPS) is 16.6. The molecule has 1 aliphatic heterocycles. The standard InChI is InChI=1S/C19H18O7/c1-9(16(22)10-4-6-12(20)13(21)8-10)17-11-5-7-14(24-2)18(25-3)15(11)19(23)26-17/h4-9,17,20-21H,1-3H3. The van der Waals surface area contributed by atoms with E-state index < -0.39 is 23.7 Å². The van der Waals surface area contributed by atoms with E-state index in [1.807, 2.05) is 0 Å². The number of hydrogen-bond donors (Lipinski definition) is 2. The van der Waals surface area contributed by atoms with Gasteiger partial charge in [0.2, 0.25) is 0 Å². The molecular weight excluding hydrogens is 340 g/mol. The number of rotatable bonds is 5. The maximum Gasteiger partial charge on any atom is 0.343 e. The largest absolute Gasteiger partial charge is 0.504 e. The van der Waals surface area contributed by atoms with Gasteiger partial charge in [0.1, 0.15) is 11.7 Å². The molecule has 0 radical (unpaired) electrons. The van der Waals surface area contributed by atoms with Crippen molar-refractivity contribution in [2.45, 2.75) is 13.0 Å². The fourth-order valence-electron chi connectivity index (χ4n) is 3.08. The molecule has 2 unspecified atom stereocenters. The minimum Gasteiger partial charge on any atom is -0.504 e. The van der Waals surface area contributed by atoms with Gasteiger partial charge in [-0.2, -0.15) is 0 Å². The summed E-state index contributed by atoms with van der Waals surface area (Å²) in [6.07, 6.45) is -0.791. The van der Waals surface area contributed by atoms with E-state index in [0.29, 0.717) is 11.3 Å². The van der Waals surface area contributed by atoms with Crippen molar-refractivity contribution in [3.63, 3.8) is 0 Å². The fourth-order valence-corrected chi connectivity index (χ4v) is 3.08. The van der Waals surface area contributed by atoms with Crippen LogP contribution in [0.5, 0.6) is 23.0 Å². The number of carbonyl (C=O) groups is 2. The Labute approximate surface area is 149 Å². The van der Waals surface area contributed by atoms with Gasteiger partial charge in [0.15, 0.2) is 28.8 Å². The van der Waals surface area contributed by atoms with Gasteiger partial charge in [-0.1, -0.05) is 13.0 Å². The van der Waals surface area contributed by atoms with Crippen molar-refractivity contribution in [1.29, 1.82) is 0 Å². The van der Waals surface area contributed by atoms with Gasteiger partial charge in [0, 0.05) is 11.1 Å². The summed E-state index contributed by atoms with van der Waals surface area (Å²) in [6.45, 7) is 1.63. The van der Waals surface area contributed by atoms with Gasteiger partial charge < -0.3 is 24.4 Å². The van der Waals surface area contributed by atoms with Gasteiger partial charge in [-0.15, -0.1) is 0 Å². The molecule has 2 aromatic carbocycles. The van der Waals surface area contributed by atoms with Crippen LogP contribution in [0.25, 0.3) is 0 Å². The number of hydrogen-bond acceptors (Lipinski definition) is 7. The molecule has 2 N–H and O–H groups in total. The van der Waals surface area contributed by atoms with Crippen LogP contribution in [-0.2, 0) is 4.74 Å². The summed E-state index contributed by atoms with van der Waals surface area (Å²) < 4.78 is 15.9. The van der Waals surface area contributed by atoms with Gasteiger partial charge in [0.25, 0.3) is 0 Å². The van der Waals surface area contributed by atoms with Gasteiger partial charge in [-0.3, -0.25) is 4.79 Å². The first-order valence-electron chi connectivity index (χ1n) is 7.91. The number of cyclic esters (lactones) is 1. The Morgan fingerprint density at radius 2 is 1.85 bits per heavy atom. The highest BCUT2D eigenvalue weighted by Crippen LogP contribution is 2.45. The lowest BCUT2D eigenvalue weighted by Gasteiger charge is -2.18. The summed E-state index contributed by atoms with van der Waals surface area (Å²) in [6, 6.07) is 7.14. The number of Topliss-reactive ketones (excluding diaryl/α,β-unsaturated/α-hetero) is 1. The molecule has 1 heterocycles. The van der Waals surface area contributed by atoms with Crippen LogP contribution in [0.2, 0.25) is 0 Å². The molecule has 136 valence electrons. The molecule has 0 spiro atoms. The molecule has 0 aliphatic carbocycles. The van der Waals surface area contributed by atoms with E-state index in [2.05, 4.69) is 0 Å². The molecule has 3 rings (SSSR count). The van der Waals surface area contributed by atoms with Gasteiger partial charge in [0.05, 0.1) is 20.1 Å². The number of esters is 1. The van der Waals surface area contributed by atoms with Crippen LogP contribution in [0, 0.1) is 5.92 Å². The minimum absolute atomic E-state index is 0.206. The molecule has 2 aromatic rings. The second-order valence-electron chi connectivity index (χ2n) is 5.95. The van der Waals surface area contributed by atoms with Crippen molar-refractivity contribution in [1.82, 2.24) is 0 Å². The molecule has 0 saturated carbocycles. The summed E-state index contributed by atoms with van der Waals surface area (Å²) >= 11 is 0. The number of ketones is 1. The maximum atomic E-state index is 12.7. The number of fused-ring (bicyclic) bond motifs is 1. The first kappa shape index (κ1) is 17.6. The molecule has 0 saturated heterocycles. The van der Waals surface area contributed by atoms with Crippen molar-refractivity contribution >= 4 is 11.8 Å². The summed E-state index contributed by atoms with van der Waals surface area (Å²) in [5, 5.41) is 19.0. The lowest BCUT2D eigenvalue weighted by Crippen LogP contribution is -2.20. The molecular formula is C19H18O7. The van der Waals surface area contributed by atoms with Crippen LogP contribution in [0.4, 0.5) is 0 Å². The Hall–Kier alpha value is -3.22. The van der Waals surface area contributed by atoms with E-state index in [0.717, 1.165) is 0 Å². The van der Waals surface area contributed by atoms with Gasteiger partial charge >= 0.3 is 5.97 Å². The van der Waals surface area contributed by atoms with E-state index in [1.54, 1.807) is 19.1 Å². The van der Waals surface area contributed by atoms with Crippen LogP contribution in [0.15, 0.2) is 30.3 Å². The first-order valence-corrected chi connectivity index (χ1v) is 7.91. The van der Waals surface area contributed by atoms with E-state index in [9.17, 15) is 19.8 Å². The zero-order chi connectivity index (χ0) is 19.0. The van der Waals surface area contributed by atoms with Gasteiger partial charge in [-0.25, -0.2) is 4.79 Å². The van der Waals surface area contributed by atoms with Gasteiger partial charge in [-0.05, 0) is 24.3 Å². The Balaban J connectivity index is 1.98. The van der Waals surface area contributed by atoms with Crippen LogP contribution in [-0.4, -0.2) is 36.2 Å². The Morgan fingerprint density at radius 1 is 1.12 bits per heavy atom. The van der Waals surface area contributed by atoms with Crippen LogP contribution >= 0.6 is 0 Å². The molecule has 2 atom stereocenters. The third-order valence-electron chi connectivity index (χ3n) is 4.45. The van der Waals surface area contributed by atoms with Crippen molar-refractivity contribution in [2.24, 2.45) is 5.92 Å². The second kappa shape index (κ2) is 6.59. The molecule has 0 fully saturated rings. The highest BCUT2D eigenvalue weighted by Gasteiger charge is 2.41. The third-order valence-corrected chi connectivity index (χ3v) is 4.45. The van der Waals surface area contributed by atoms with Crippen molar-refractivity contribution in [2.75, 3.05) is 14.2 Å². The number of phenolic OH excluding ortho intramolecular Hbond substituents is 2. The fraction of sp³-hybridized carbons (Fsp3) is 0.263. The van der Waals surface area contributed by atoms with E-state index in [-0.39, 0.29) is 28.4 Å². The maximum absolute atomic E-state index is 12.7. The topological polar surface area (TPSA) is 102 Å². The lowest BCUT2D eigenvalue weighted by molar-refractivity contribution is 0.0260. The molecule has 26 heavy (non-hydrogen) atoms. The average molecular weight is 358 g/mol. The van der Waals surface area contributed by atoms with Crippen molar-refractivity contribution in [3.05, 3.63) is 47.0 Å². The smallest absolute Gasteiger partial charge is 0.343 e. The van der Waals surface area contributed by atoms with E-state index in [1.165, 1.54) is 32.4 Å². The van der Waals surface area contributed by atoms with Crippen molar-refractivity contribution in [3.8, 4) is 23.0 Å². The minimum atomic E-state index is -0.791. The monoisotopic (exact) mass is 358 g/mol. The molecule has 0 amide bonds. The van der Waals surface area contributed by atoms with E-state index in [4.69, 9.17) is 14.2 Å². The summed E-state index contributed by atoms with van der Waals surface area (Å²) in [5.41, 5.74) is 0.985. The number of benzene rings is 2. The molecule has 7 nitrogen and oxygen atoms in total. The number of methoxy groups -OCH3 is 2. The number of aromatic hydroxyl groups is 2.